The van der Waals surface area contributed by atoms with Gasteiger partial charge in [-0.25, -0.2) is 5.43 Å². The van der Waals surface area contributed by atoms with Crippen LogP contribution in [0.5, 0.6) is 0 Å². The van der Waals surface area contributed by atoms with Gasteiger partial charge in [-0.1, -0.05) is 11.6 Å². The third-order valence-corrected chi connectivity index (χ3v) is 5.52. The number of nitrogens with zero attached hydrogens (tertiary/aromatic N) is 2. The van der Waals surface area contributed by atoms with E-state index in [1.165, 1.54) is 24.3 Å². The molecule has 0 unspecified atom stereocenters. The van der Waals surface area contributed by atoms with Crippen LogP contribution in [0.3, 0.4) is 0 Å². The minimum absolute atomic E-state index is 0.104. The number of hydrogen-bond acceptors (Lipinski definition) is 6. The highest BCUT2D eigenvalue weighted by molar-refractivity contribution is 6.30. The number of nitro benzene ring substituents is 1. The van der Waals surface area contributed by atoms with E-state index in [4.69, 9.17) is 16.0 Å². The van der Waals surface area contributed by atoms with Crippen LogP contribution >= 0.6 is 11.6 Å². The number of hydrazone groups is 1. The summed E-state index contributed by atoms with van der Waals surface area (Å²) in [5.74, 6) is -0.0561. The average molecular weight is 467 g/mol. The van der Waals surface area contributed by atoms with Gasteiger partial charge >= 0.3 is 0 Å². The maximum atomic E-state index is 12.8. The first-order valence-electron chi connectivity index (χ1n) is 10.1. The van der Waals surface area contributed by atoms with Gasteiger partial charge in [0.15, 0.2) is 5.76 Å². The molecule has 2 N–H and O–H groups in total. The molecule has 10 heteroatoms. The summed E-state index contributed by atoms with van der Waals surface area (Å²) in [6.45, 7) is 1.78. The van der Waals surface area contributed by atoms with Gasteiger partial charge in [-0.3, -0.25) is 19.7 Å². The molecule has 2 aromatic carbocycles. The Morgan fingerprint density at radius 1 is 1.06 bits per heavy atom. The van der Waals surface area contributed by atoms with Crippen molar-refractivity contribution in [2.75, 3.05) is 5.32 Å². The Kier molecular flexibility index (Phi) is 6.23. The first-order valence-corrected chi connectivity index (χ1v) is 10.5. The van der Waals surface area contributed by atoms with Gasteiger partial charge in [-0.15, -0.1) is 0 Å². The molecule has 0 spiro atoms. The zero-order valence-corrected chi connectivity index (χ0v) is 18.3. The summed E-state index contributed by atoms with van der Waals surface area (Å²) < 4.78 is 5.86. The second kappa shape index (κ2) is 9.25. The number of carbonyl (C=O) groups is 2. The van der Waals surface area contributed by atoms with Crippen LogP contribution in [0, 0.1) is 17.0 Å². The molecule has 0 radical (unpaired) electrons. The fourth-order valence-electron chi connectivity index (χ4n) is 3.64. The lowest BCUT2D eigenvalue weighted by molar-refractivity contribution is -0.384. The molecule has 4 rings (SSSR count). The molecule has 1 aliphatic rings. The largest absolute Gasteiger partial charge is 0.455 e. The Bertz CT molecular complexity index is 1260. The van der Waals surface area contributed by atoms with Gasteiger partial charge < -0.3 is 9.73 Å². The Hall–Kier alpha value is -3.98. The molecule has 168 valence electrons. The Balaban J connectivity index is 1.53. The number of aryl methyl sites for hydroxylation is 1. The van der Waals surface area contributed by atoms with E-state index in [-0.39, 0.29) is 17.0 Å². The summed E-state index contributed by atoms with van der Waals surface area (Å²) in [6.07, 6.45) is 2.01. The minimum Gasteiger partial charge on any atom is -0.455 e. The van der Waals surface area contributed by atoms with Gasteiger partial charge in [-0.05, 0) is 56.2 Å². The smallest absolute Gasteiger partial charge is 0.291 e. The van der Waals surface area contributed by atoms with Crippen LogP contribution in [-0.2, 0) is 6.42 Å². The van der Waals surface area contributed by atoms with Gasteiger partial charge in [0, 0.05) is 46.0 Å². The van der Waals surface area contributed by atoms with E-state index in [2.05, 4.69) is 15.8 Å². The summed E-state index contributed by atoms with van der Waals surface area (Å²) in [5.41, 5.74) is 5.18. The molecular weight excluding hydrogens is 448 g/mol. The van der Waals surface area contributed by atoms with E-state index >= 15 is 0 Å². The van der Waals surface area contributed by atoms with Crippen molar-refractivity contribution < 1.29 is 18.9 Å². The number of furan rings is 1. The molecule has 33 heavy (non-hydrogen) atoms. The van der Waals surface area contributed by atoms with Gasteiger partial charge in [0.05, 0.1) is 10.6 Å². The van der Waals surface area contributed by atoms with Crippen molar-refractivity contribution in [3.05, 3.63) is 91.9 Å². The van der Waals surface area contributed by atoms with E-state index in [1.807, 2.05) is 0 Å². The first kappa shape index (κ1) is 22.2. The normalized spacial score (nSPS) is 13.9. The van der Waals surface area contributed by atoms with Crippen LogP contribution in [0.4, 0.5) is 11.4 Å². The Morgan fingerprint density at radius 3 is 2.42 bits per heavy atom. The number of nitro groups is 1. The standard InChI is InChI=1S/C23H19ClN4O5/c1-13-20-18(26-27-22(29)14-5-11-17(12-6-14)28(31)32)3-2-4-19(20)33-21(13)23(30)25-16-9-7-15(24)8-10-16/h5-12H,2-4H2,1H3,(H,25,30)(H,27,29)/b26-18+. The van der Waals surface area contributed by atoms with Crippen LogP contribution in [0.2, 0.25) is 5.02 Å². The highest BCUT2D eigenvalue weighted by atomic mass is 35.5. The molecule has 0 aliphatic heterocycles. The molecule has 0 bridgehead atoms. The molecular formula is C23H19ClN4O5. The van der Waals surface area contributed by atoms with Crippen molar-refractivity contribution >= 4 is 40.5 Å². The maximum absolute atomic E-state index is 12.8. The van der Waals surface area contributed by atoms with Crippen LogP contribution in [-0.4, -0.2) is 22.4 Å². The summed E-state index contributed by atoms with van der Waals surface area (Å²) in [7, 11) is 0. The molecule has 1 heterocycles. The van der Waals surface area contributed by atoms with E-state index < -0.39 is 16.7 Å². The van der Waals surface area contributed by atoms with E-state index in [0.29, 0.717) is 46.2 Å². The van der Waals surface area contributed by atoms with Crippen LogP contribution in [0.25, 0.3) is 0 Å². The summed E-state index contributed by atoms with van der Waals surface area (Å²) >= 11 is 5.88. The number of halogens is 1. The summed E-state index contributed by atoms with van der Waals surface area (Å²) in [5, 5.41) is 18.4. The zero-order chi connectivity index (χ0) is 23.5. The number of nitrogens with one attached hydrogen (secondary N) is 2. The minimum atomic E-state index is -0.534. The zero-order valence-electron chi connectivity index (χ0n) is 17.6. The van der Waals surface area contributed by atoms with Gasteiger partial charge in [0.2, 0.25) is 0 Å². The topological polar surface area (TPSA) is 127 Å². The second-order valence-electron chi connectivity index (χ2n) is 7.47. The number of fused-ring (bicyclic) bond motifs is 1. The summed E-state index contributed by atoms with van der Waals surface area (Å²) in [6, 6.07) is 12.0. The van der Waals surface area contributed by atoms with Crippen molar-refractivity contribution in [1.82, 2.24) is 5.43 Å². The van der Waals surface area contributed by atoms with Crippen molar-refractivity contribution in [1.29, 1.82) is 0 Å². The lowest BCUT2D eigenvalue weighted by atomic mass is 9.93. The van der Waals surface area contributed by atoms with Crippen molar-refractivity contribution in [3.63, 3.8) is 0 Å². The molecule has 2 amide bonds. The highest BCUT2D eigenvalue weighted by Crippen LogP contribution is 2.30. The predicted octanol–water partition coefficient (Wildman–Crippen LogP) is 4.87. The molecule has 9 nitrogen and oxygen atoms in total. The lowest BCUT2D eigenvalue weighted by Gasteiger charge is -2.13. The molecule has 0 saturated carbocycles. The number of anilines is 1. The molecule has 0 atom stereocenters. The van der Waals surface area contributed by atoms with E-state index in [0.717, 1.165) is 6.42 Å². The fraction of sp³-hybridized carbons (Fsp3) is 0.174. The maximum Gasteiger partial charge on any atom is 0.291 e. The highest BCUT2D eigenvalue weighted by Gasteiger charge is 2.28. The number of benzene rings is 2. The Morgan fingerprint density at radius 2 is 1.76 bits per heavy atom. The van der Waals surface area contributed by atoms with E-state index in [1.54, 1.807) is 31.2 Å². The monoisotopic (exact) mass is 466 g/mol. The molecule has 3 aromatic rings. The number of non-ortho nitro benzene ring substituents is 1. The summed E-state index contributed by atoms with van der Waals surface area (Å²) in [4.78, 5) is 35.4. The van der Waals surface area contributed by atoms with Crippen molar-refractivity contribution in [2.45, 2.75) is 26.2 Å². The fourth-order valence-corrected chi connectivity index (χ4v) is 3.76. The number of carbonyl (C=O) groups excluding carboxylic acids is 2. The number of amides is 2. The molecule has 1 aromatic heterocycles. The molecule has 0 saturated heterocycles. The number of hydrogen-bond donors (Lipinski definition) is 2. The van der Waals surface area contributed by atoms with Crippen molar-refractivity contribution in [3.8, 4) is 0 Å². The average Bonchev–Trinajstić information content (AvgIpc) is 3.16. The predicted molar refractivity (Wildman–Crippen MR) is 123 cm³/mol. The van der Waals surface area contributed by atoms with Crippen LogP contribution < -0.4 is 10.7 Å². The van der Waals surface area contributed by atoms with Crippen LogP contribution in [0.1, 0.15) is 50.6 Å². The van der Waals surface area contributed by atoms with Crippen molar-refractivity contribution in [2.24, 2.45) is 5.10 Å². The molecule has 1 aliphatic carbocycles. The van der Waals surface area contributed by atoms with Gasteiger partial charge in [-0.2, -0.15) is 5.10 Å². The number of rotatable bonds is 5. The van der Waals surface area contributed by atoms with Crippen LogP contribution in [0.15, 0.2) is 58.0 Å². The second-order valence-corrected chi connectivity index (χ2v) is 7.91. The van der Waals surface area contributed by atoms with E-state index in [9.17, 15) is 19.7 Å². The third-order valence-electron chi connectivity index (χ3n) is 5.27. The lowest BCUT2D eigenvalue weighted by Crippen LogP contribution is -2.22. The quantitative estimate of drug-likeness (QED) is 0.409. The molecule has 0 fully saturated rings. The van der Waals surface area contributed by atoms with Gasteiger partial charge in [0.25, 0.3) is 17.5 Å². The SMILES string of the molecule is Cc1c(C(=O)Nc2ccc(Cl)cc2)oc2c1/C(=N/NC(=O)c1ccc([N+](=O)[O-])cc1)CCC2. The third kappa shape index (κ3) is 4.78. The van der Waals surface area contributed by atoms with Gasteiger partial charge in [0.1, 0.15) is 5.76 Å². The first-order chi connectivity index (χ1) is 15.8. The Labute approximate surface area is 193 Å².